The fourth-order valence-electron chi connectivity index (χ4n) is 8.44. The van der Waals surface area contributed by atoms with Gasteiger partial charge in [-0.05, 0) is 65.2 Å². The molecule has 2 aliphatic heterocycles. The summed E-state index contributed by atoms with van der Waals surface area (Å²) >= 11 is 0. The predicted molar refractivity (Wildman–Crippen MR) is 224 cm³/mol. The number of carbonyl (C=O) groups is 3. The average Bonchev–Trinajstić information content (AvgIpc) is 3.89. The van der Waals surface area contributed by atoms with E-state index in [2.05, 4.69) is 10.0 Å². The topological polar surface area (TPSA) is 177 Å². The van der Waals surface area contributed by atoms with Crippen molar-refractivity contribution in [2.45, 2.75) is 36.3 Å². The second-order valence-corrected chi connectivity index (χ2v) is 16.8. The molecular formula is C45H45N3O12S. The summed E-state index contributed by atoms with van der Waals surface area (Å²) in [7, 11) is 4.41. The van der Waals surface area contributed by atoms with Crippen LogP contribution in [0.4, 0.5) is 11.4 Å². The lowest BCUT2D eigenvalue weighted by Crippen LogP contribution is -2.36. The quantitative estimate of drug-likeness (QED) is 0.123. The van der Waals surface area contributed by atoms with Crippen molar-refractivity contribution in [2.24, 2.45) is 11.8 Å². The minimum Gasteiger partial charge on any atom is -0.493 e. The Bertz CT molecular complexity index is 2610. The lowest BCUT2D eigenvalue weighted by atomic mass is 9.66. The number of cyclic esters (lactones) is 1. The van der Waals surface area contributed by atoms with E-state index >= 15 is 0 Å². The number of anilines is 2. The molecule has 1 aliphatic carbocycles. The van der Waals surface area contributed by atoms with E-state index in [0.717, 1.165) is 16.6 Å². The lowest BCUT2D eigenvalue weighted by Gasteiger charge is -2.38. The van der Waals surface area contributed by atoms with E-state index in [1.54, 1.807) is 66.7 Å². The van der Waals surface area contributed by atoms with Crippen molar-refractivity contribution in [3.8, 4) is 28.7 Å². The maximum Gasteiger partial charge on any atom is 0.310 e. The van der Waals surface area contributed by atoms with Gasteiger partial charge in [0, 0.05) is 66.6 Å². The summed E-state index contributed by atoms with van der Waals surface area (Å²) in [5, 5.41) is 4.23. The SMILES string of the molecule is COc1cc([C@H]2c3cc4c(cc3[C@@H](OC(=O)CCC(=O)NCc3ccc(NS(=O)(=O)c5cccc6c(N(C)C)cccc56)cc3)[C@@H]3COC(=O)[C@@H]23)OCO4)cc(OC)c1OC. The molecule has 1 amide bonds. The molecule has 15 nitrogen and oxygen atoms in total. The molecule has 0 aromatic heterocycles. The molecule has 5 aromatic carbocycles. The largest absolute Gasteiger partial charge is 0.493 e. The molecule has 0 unspecified atom stereocenters. The molecule has 0 bridgehead atoms. The van der Waals surface area contributed by atoms with Crippen molar-refractivity contribution in [3.05, 3.63) is 107 Å². The van der Waals surface area contributed by atoms with Crippen LogP contribution in [0.2, 0.25) is 0 Å². The molecule has 61 heavy (non-hydrogen) atoms. The third-order valence-electron chi connectivity index (χ3n) is 11.3. The van der Waals surface area contributed by atoms with Crippen molar-refractivity contribution >= 4 is 50.0 Å². The summed E-state index contributed by atoms with van der Waals surface area (Å²) in [5.74, 6) is -1.15. The van der Waals surface area contributed by atoms with Crippen LogP contribution in [0.1, 0.15) is 47.1 Å². The van der Waals surface area contributed by atoms with Crippen molar-refractivity contribution in [3.63, 3.8) is 0 Å². The molecule has 2 N–H and O–H groups in total. The second kappa shape index (κ2) is 16.8. The third-order valence-corrected chi connectivity index (χ3v) is 12.7. The highest BCUT2D eigenvalue weighted by molar-refractivity contribution is 7.93. The van der Waals surface area contributed by atoms with Gasteiger partial charge in [0.2, 0.25) is 18.4 Å². The minimum absolute atomic E-state index is 0.00845. The monoisotopic (exact) mass is 851 g/mol. The highest BCUT2D eigenvalue weighted by Crippen LogP contribution is 2.56. The second-order valence-electron chi connectivity index (χ2n) is 15.1. The van der Waals surface area contributed by atoms with Gasteiger partial charge in [-0.25, -0.2) is 8.42 Å². The summed E-state index contributed by atoms with van der Waals surface area (Å²) in [4.78, 5) is 42.1. The minimum atomic E-state index is -3.93. The maximum atomic E-state index is 13.5. The molecule has 16 heteroatoms. The molecule has 8 rings (SSSR count). The molecule has 318 valence electrons. The number of carbonyl (C=O) groups excluding carboxylic acids is 3. The zero-order valence-corrected chi connectivity index (χ0v) is 35.0. The van der Waals surface area contributed by atoms with Crippen LogP contribution in [0.3, 0.4) is 0 Å². The maximum absolute atomic E-state index is 13.5. The van der Waals surface area contributed by atoms with Crippen LogP contribution in [0.5, 0.6) is 28.7 Å². The van der Waals surface area contributed by atoms with Crippen molar-refractivity contribution in [2.75, 3.05) is 58.4 Å². The van der Waals surface area contributed by atoms with Gasteiger partial charge in [-0.1, -0.05) is 36.4 Å². The van der Waals surface area contributed by atoms with Crippen molar-refractivity contribution in [1.82, 2.24) is 5.32 Å². The molecule has 3 aliphatic rings. The van der Waals surface area contributed by atoms with Gasteiger partial charge in [0.1, 0.15) is 6.10 Å². The normalized spacial score (nSPS) is 18.7. The summed E-state index contributed by atoms with van der Waals surface area (Å²) < 4.78 is 69.6. The third kappa shape index (κ3) is 7.90. The van der Waals surface area contributed by atoms with Crippen molar-refractivity contribution < 1.29 is 56.0 Å². The van der Waals surface area contributed by atoms with Gasteiger partial charge in [0.05, 0.1) is 45.2 Å². The molecule has 2 heterocycles. The number of hydrogen-bond donors (Lipinski definition) is 2. The first-order valence-corrected chi connectivity index (χ1v) is 21.1. The number of fused-ring (bicyclic) bond motifs is 4. The zero-order chi connectivity index (χ0) is 43.0. The van der Waals surface area contributed by atoms with Crippen molar-refractivity contribution in [1.29, 1.82) is 0 Å². The molecule has 4 atom stereocenters. The number of nitrogens with one attached hydrogen (secondary N) is 2. The average molecular weight is 852 g/mol. The van der Waals surface area contributed by atoms with E-state index in [-0.39, 0.29) is 43.6 Å². The molecule has 0 spiro atoms. The van der Waals surface area contributed by atoms with Gasteiger partial charge in [-0.15, -0.1) is 0 Å². The van der Waals surface area contributed by atoms with E-state index < -0.39 is 45.8 Å². The highest BCUT2D eigenvalue weighted by Gasteiger charge is 2.54. The van der Waals surface area contributed by atoms with Gasteiger partial charge < -0.3 is 43.4 Å². The number of esters is 2. The molecule has 5 aromatic rings. The van der Waals surface area contributed by atoms with Crippen LogP contribution in [-0.4, -0.2) is 75.1 Å². The number of ether oxygens (including phenoxy) is 7. The molecular weight excluding hydrogens is 807 g/mol. The number of hydrogen-bond acceptors (Lipinski definition) is 13. The number of benzene rings is 5. The smallest absolute Gasteiger partial charge is 0.310 e. The van der Waals surface area contributed by atoms with E-state index in [1.165, 1.54) is 21.3 Å². The van der Waals surface area contributed by atoms with E-state index in [0.29, 0.717) is 56.5 Å². The summed E-state index contributed by atoms with van der Waals surface area (Å²) in [6.07, 6.45) is -1.27. The van der Waals surface area contributed by atoms with E-state index in [9.17, 15) is 22.8 Å². The standard InChI is InChI=1S/C45H45N3O12S/c1-48(2)33-10-6-9-29-28(33)8-7-11-38(29)61(52,53)47-27-14-12-25(13-15-27)22-46-39(49)16-17-40(50)60-43-31-21-35-34(58-24-59-35)20-30(31)41(42-32(43)23-57-45(42)51)26-18-36(54-3)44(56-5)37(19-26)55-4/h6-15,18-21,32,41-43,47H,16-17,22-24H2,1-5H3,(H,46,49)/t32-,41+,42-,43-/m1/s1. The Morgan fingerprint density at radius 1 is 0.803 bits per heavy atom. The number of methoxy groups -OCH3 is 3. The Morgan fingerprint density at radius 3 is 2.15 bits per heavy atom. The molecule has 1 saturated heterocycles. The van der Waals surface area contributed by atoms with Crippen LogP contribution in [0.25, 0.3) is 10.8 Å². The van der Waals surface area contributed by atoms with Crippen LogP contribution in [0, 0.1) is 11.8 Å². The molecule has 0 saturated carbocycles. The lowest BCUT2D eigenvalue weighted by molar-refractivity contribution is -0.155. The molecule has 0 radical (unpaired) electrons. The fraction of sp³-hybridized carbons (Fsp3) is 0.311. The first kappa shape index (κ1) is 41.1. The number of rotatable bonds is 14. The molecule has 1 fully saturated rings. The van der Waals surface area contributed by atoms with E-state index in [4.69, 9.17) is 33.2 Å². The van der Waals surface area contributed by atoms with Gasteiger partial charge in [-0.2, -0.15) is 0 Å². The first-order valence-electron chi connectivity index (χ1n) is 19.6. The van der Waals surface area contributed by atoms with Crippen LogP contribution in [0.15, 0.2) is 89.8 Å². The predicted octanol–water partition coefficient (Wildman–Crippen LogP) is 6.08. The van der Waals surface area contributed by atoms with Gasteiger partial charge in [-0.3, -0.25) is 19.1 Å². The zero-order valence-electron chi connectivity index (χ0n) is 34.2. The first-order chi connectivity index (χ1) is 29.4. The number of amides is 1. The highest BCUT2D eigenvalue weighted by atomic mass is 32.2. The Labute approximate surface area is 352 Å². The van der Waals surface area contributed by atoms with Gasteiger partial charge >= 0.3 is 11.9 Å². The Hall–Kier alpha value is -6.68. The van der Waals surface area contributed by atoms with Gasteiger partial charge in [0.15, 0.2) is 23.0 Å². The Balaban J connectivity index is 0.928. The number of sulfonamides is 1. The van der Waals surface area contributed by atoms with Crippen LogP contribution < -0.4 is 38.6 Å². The van der Waals surface area contributed by atoms with Crippen LogP contribution in [-0.2, 0) is 40.4 Å². The van der Waals surface area contributed by atoms with Gasteiger partial charge in [0.25, 0.3) is 10.0 Å². The summed E-state index contributed by atoms with van der Waals surface area (Å²) in [6, 6.07) is 24.5. The summed E-state index contributed by atoms with van der Waals surface area (Å²) in [6.45, 7) is 0.165. The number of nitrogens with zero attached hydrogens (tertiary/aromatic N) is 1. The van der Waals surface area contributed by atoms with E-state index in [1.807, 2.05) is 37.2 Å². The Kier molecular flexibility index (Phi) is 11.3. The summed E-state index contributed by atoms with van der Waals surface area (Å²) in [5.41, 5.74) is 3.98. The van der Waals surface area contributed by atoms with Crippen LogP contribution >= 0.6 is 0 Å². The fourth-order valence-corrected chi connectivity index (χ4v) is 9.72. The Morgan fingerprint density at radius 2 is 1.48 bits per heavy atom.